The normalized spacial score (nSPS) is 12.6. The summed E-state index contributed by atoms with van der Waals surface area (Å²) in [6.07, 6.45) is -5.13. The maximum atomic E-state index is 12.6. The Labute approximate surface area is 79.2 Å². The number of carbonyl (C=O) groups excluding carboxylic acids is 2. The van der Waals surface area contributed by atoms with Crippen LogP contribution in [0.4, 0.5) is 13.2 Å². The van der Waals surface area contributed by atoms with Gasteiger partial charge in [-0.25, -0.2) is 18.0 Å². The molecule has 3 nitrogen and oxygen atoms in total. The van der Waals surface area contributed by atoms with E-state index in [1.165, 1.54) is 0 Å². The fourth-order valence-electron chi connectivity index (χ4n) is 0.617. The van der Waals surface area contributed by atoms with Gasteiger partial charge in [-0.3, -0.25) is 4.79 Å². The Hall–Kier alpha value is -1.07. The number of unbranched alkanes of at least 4 members (excludes halogenated alkanes) is 1. The van der Waals surface area contributed by atoms with Gasteiger partial charge < -0.3 is 4.74 Å². The van der Waals surface area contributed by atoms with Gasteiger partial charge in [0.2, 0.25) is 5.78 Å². The van der Waals surface area contributed by atoms with Crippen LogP contribution in [-0.2, 0) is 14.3 Å². The fourth-order valence-corrected chi connectivity index (χ4v) is 0.617. The van der Waals surface area contributed by atoms with Gasteiger partial charge in [0.25, 0.3) is 12.6 Å². The Morgan fingerprint density at radius 2 is 1.86 bits per heavy atom. The van der Waals surface area contributed by atoms with Gasteiger partial charge >= 0.3 is 5.97 Å². The highest BCUT2D eigenvalue weighted by Gasteiger charge is 2.33. The number of hydrogen-bond donors (Lipinski definition) is 0. The summed E-state index contributed by atoms with van der Waals surface area (Å²) in [6, 6.07) is 0. The van der Waals surface area contributed by atoms with E-state index in [-0.39, 0.29) is 6.61 Å². The number of esters is 1. The van der Waals surface area contributed by atoms with E-state index in [2.05, 4.69) is 4.74 Å². The SMILES string of the molecule is CCCCOC(=O)C(F)C(=O)C(F)F. The first kappa shape index (κ1) is 12.9. The quantitative estimate of drug-likeness (QED) is 0.380. The zero-order chi connectivity index (χ0) is 11.1. The molecule has 14 heavy (non-hydrogen) atoms. The summed E-state index contributed by atoms with van der Waals surface area (Å²) in [4.78, 5) is 20.9. The molecule has 0 rings (SSSR count). The minimum absolute atomic E-state index is 0.0632. The molecule has 0 aliphatic rings. The lowest BCUT2D eigenvalue weighted by Gasteiger charge is -2.06. The number of Topliss-reactive ketones (excluding diaryl/α,β-unsaturated/α-hetero) is 1. The van der Waals surface area contributed by atoms with Crippen molar-refractivity contribution in [3.8, 4) is 0 Å². The van der Waals surface area contributed by atoms with Gasteiger partial charge in [0.05, 0.1) is 6.61 Å². The molecule has 0 saturated heterocycles. The molecular weight excluding hydrogens is 201 g/mol. The molecule has 0 bridgehead atoms. The lowest BCUT2D eigenvalue weighted by molar-refractivity contribution is -0.156. The predicted molar refractivity (Wildman–Crippen MR) is 41.8 cm³/mol. The molecule has 0 aromatic rings. The maximum absolute atomic E-state index is 12.6. The van der Waals surface area contributed by atoms with Crippen molar-refractivity contribution in [2.75, 3.05) is 6.61 Å². The third kappa shape index (κ3) is 4.25. The number of halogens is 3. The van der Waals surface area contributed by atoms with E-state index in [1.807, 2.05) is 6.92 Å². The summed E-state index contributed by atoms with van der Waals surface area (Å²) < 4.78 is 40.1. The van der Waals surface area contributed by atoms with Gasteiger partial charge in [-0.05, 0) is 6.42 Å². The summed E-state index contributed by atoms with van der Waals surface area (Å²) in [7, 11) is 0. The highest BCUT2D eigenvalue weighted by atomic mass is 19.3. The van der Waals surface area contributed by atoms with Crippen LogP contribution in [0.25, 0.3) is 0 Å². The molecule has 0 N–H and O–H groups in total. The van der Waals surface area contributed by atoms with Crippen LogP contribution in [0.3, 0.4) is 0 Å². The first-order chi connectivity index (χ1) is 6.50. The highest BCUT2D eigenvalue weighted by Crippen LogP contribution is 2.05. The third-order valence-electron chi connectivity index (χ3n) is 1.41. The lowest BCUT2D eigenvalue weighted by atomic mass is 10.2. The number of alkyl halides is 3. The van der Waals surface area contributed by atoms with Gasteiger partial charge in [-0.2, -0.15) is 0 Å². The number of carbonyl (C=O) groups is 2. The summed E-state index contributed by atoms with van der Waals surface area (Å²) >= 11 is 0. The number of rotatable bonds is 6. The molecule has 0 aromatic heterocycles. The Morgan fingerprint density at radius 1 is 1.29 bits per heavy atom. The number of ether oxygens (including phenoxy) is 1. The van der Waals surface area contributed by atoms with Crippen molar-refractivity contribution in [1.82, 2.24) is 0 Å². The second kappa shape index (κ2) is 6.39. The zero-order valence-electron chi connectivity index (χ0n) is 7.63. The van der Waals surface area contributed by atoms with Crippen molar-refractivity contribution in [1.29, 1.82) is 0 Å². The molecule has 0 fully saturated rings. The highest BCUT2D eigenvalue weighted by molar-refractivity contribution is 6.03. The van der Waals surface area contributed by atoms with Crippen molar-refractivity contribution < 1.29 is 27.5 Å². The van der Waals surface area contributed by atoms with E-state index < -0.39 is 24.3 Å². The lowest BCUT2D eigenvalue weighted by Crippen LogP contribution is -2.32. The van der Waals surface area contributed by atoms with Gasteiger partial charge in [0.15, 0.2) is 0 Å². The molecule has 6 heteroatoms. The van der Waals surface area contributed by atoms with Crippen LogP contribution in [0.5, 0.6) is 0 Å². The summed E-state index contributed by atoms with van der Waals surface area (Å²) in [5.41, 5.74) is 0. The monoisotopic (exact) mass is 212 g/mol. The van der Waals surface area contributed by atoms with Crippen LogP contribution >= 0.6 is 0 Å². The molecule has 0 aliphatic carbocycles. The average Bonchev–Trinajstić information content (AvgIpc) is 2.15. The largest absolute Gasteiger partial charge is 0.463 e. The van der Waals surface area contributed by atoms with E-state index in [0.717, 1.165) is 0 Å². The van der Waals surface area contributed by atoms with Gasteiger partial charge in [-0.1, -0.05) is 13.3 Å². The minimum atomic E-state index is -3.48. The standard InChI is InChI=1S/C8H11F3O3/c1-2-3-4-14-8(13)5(9)6(12)7(10)11/h5,7H,2-4H2,1H3. The van der Waals surface area contributed by atoms with Crippen LogP contribution in [-0.4, -0.2) is 31.0 Å². The van der Waals surface area contributed by atoms with Crippen LogP contribution in [0.15, 0.2) is 0 Å². The van der Waals surface area contributed by atoms with Crippen LogP contribution in [0.2, 0.25) is 0 Å². The molecule has 0 aromatic carbocycles. The summed E-state index contributed by atoms with van der Waals surface area (Å²) in [5.74, 6) is -3.59. The molecule has 0 heterocycles. The van der Waals surface area contributed by atoms with E-state index in [0.29, 0.717) is 12.8 Å². The molecule has 0 radical (unpaired) electrons. The number of hydrogen-bond acceptors (Lipinski definition) is 3. The van der Waals surface area contributed by atoms with Gasteiger partial charge in [-0.15, -0.1) is 0 Å². The number of ketones is 1. The van der Waals surface area contributed by atoms with E-state index >= 15 is 0 Å². The Kier molecular flexibility index (Phi) is 5.91. The van der Waals surface area contributed by atoms with Crippen molar-refractivity contribution >= 4 is 11.8 Å². The molecule has 82 valence electrons. The fraction of sp³-hybridized carbons (Fsp3) is 0.750. The molecule has 1 unspecified atom stereocenters. The summed E-state index contributed by atoms with van der Waals surface area (Å²) in [6.45, 7) is 1.75. The van der Waals surface area contributed by atoms with Crippen molar-refractivity contribution in [3.05, 3.63) is 0 Å². The molecule has 0 amide bonds. The van der Waals surface area contributed by atoms with Crippen LogP contribution in [0, 0.1) is 0 Å². The first-order valence-electron chi connectivity index (χ1n) is 4.13. The van der Waals surface area contributed by atoms with Crippen molar-refractivity contribution in [3.63, 3.8) is 0 Å². The molecule has 0 spiro atoms. The third-order valence-corrected chi connectivity index (χ3v) is 1.41. The van der Waals surface area contributed by atoms with E-state index in [4.69, 9.17) is 0 Å². The smallest absolute Gasteiger partial charge is 0.348 e. The van der Waals surface area contributed by atoms with E-state index in [9.17, 15) is 22.8 Å². The predicted octanol–water partition coefficient (Wildman–Crippen LogP) is 1.50. The Morgan fingerprint density at radius 3 is 2.29 bits per heavy atom. The second-order valence-corrected chi connectivity index (χ2v) is 2.59. The molecule has 1 atom stereocenters. The molecule has 0 saturated carbocycles. The average molecular weight is 212 g/mol. The second-order valence-electron chi connectivity index (χ2n) is 2.59. The summed E-state index contributed by atoms with van der Waals surface area (Å²) in [5, 5.41) is 0. The van der Waals surface area contributed by atoms with Gasteiger partial charge in [0, 0.05) is 0 Å². The van der Waals surface area contributed by atoms with Crippen LogP contribution in [0.1, 0.15) is 19.8 Å². The zero-order valence-corrected chi connectivity index (χ0v) is 7.63. The topological polar surface area (TPSA) is 43.4 Å². The molecule has 0 aliphatic heterocycles. The Balaban J connectivity index is 3.93. The van der Waals surface area contributed by atoms with Gasteiger partial charge in [0.1, 0.15) is 0 Å². The minimum Gasteiger partial charge on any atom is -0.463 e. The van der Waals surface area contributed by atoms with Crippen molar-refractivity contribution in [2.45, 2.75) is 32.4 Å². The maximum Gasteiger partial charge on any atom is 0.348 e. The Bertz CT molecular complexity index is 206. The van der Waals surface area contributed by atoms with Crippen molar-refractivity contribution in [2.24, 2.45) is 0 Å². The first-order valence-corrected chi connectivity index (χ1v) is 4.13. The molecular formula is C8H11F3O3. The van der Waals surface area contributed by atoms with Crippen LogP contribution < -0.4 is 0 Å². The van der Waals surface area contributed by atoms with E-state index in [1.54, 1.807) is 0 Å².